The highest BCUT2D eigenvalue weighted by Gasteiger charge is 2.26. The molecule has 1 aliphatic carbocycles. The molecular weight excluding hydrogens is 306 g/mol. The number of aromatic nitrogens is 1. The van der Waals surface area contributed by atoms with E-state index in [0.29, 0.717) is 11.5 Å². The summed E-state index contributed by atoms with van der Waals surface area (Å²) in [6.07, 6.45) is 3.97. The Labute approximate surface area is 137 Å². The van der Waals surface area contributed by atoms with Crippen molar-refractivity contribution in [3.8, 4) is 0 Å². The van der Waals surface area contributed by atoms with Crippen molar-refractivity contribution in [1.29, 1.82) is 0 Å². The molecule has 1 N–H and O–H groups in total. The zero-order valence-corrected chi connectivity index (χ0v) is 13.2. The van der Waals surface area contributed by atoms with Crippen LogP contribution in [0.4, 0.5) is 0 Å². The van der Waals surface area contributed by atoms with Crippen LogP contribution in [0.15, 0.2) is 52.9 Å². The van der Waals surface area contributed by atoms with Crippen LogP contribution in [0.1, 0.15) is 39.7 Å². The Balaban J connectivity index is 1.65. The van der Waals surface area contributed by atoms with Crippen LogP contribution in [0, 0.1) is 0 Å². The van der Waals surface area contributed by atoms with Crippen LogP contribution in [0.5, 0.6) is 0 Å². The molecule has 1 fully saturated rings. The lowest BCUT2D eigenvalue weighted by Gasteiger charge is -2.08. The van der Waals surface area contributed by atoms with E-state index in [9.17, 15) is 4.79 Å². The maximum atomic E-state index is 12.5. The number of nitrogens with one attached hydrogen (secondary N) is 1. The third-order valence-electron chi connectivity index (χ3n) is 3.88. The monoisotopic (exact) mass is 321 g/mol. The minimum absolute atomic E-state index is 0.196. The van der Waals surface area contributed by atoms with E-state index < -0.39 is 0 Å². The van der Waals surface area contributed by atoms with Gasteiger partial charge in [-0.1, -0.05) is 24.3 Å². The molecule has 5 heteroatoms. The largest absolute Gasteiger partial charge is 0.272 e. The first-order valence-corrected chi connectivity index (χ1v) is 8.46. The quantitative estimate of drug-likeness (QED) is 0.584. The molecule has 0 bridgehead atoms. The molecule has 1 aliphatic rings. The molecule has 4 nitrogen and oxygen atoms in total. The van der Waals surface area contributed by atoms with Gasteiger partial charge in [-0.15, -0.1) is 11.3 Å². The van der Waals surface area contributed by atoms with Crippen molar-refractivity contribution in [2.24, 2.45) is 5.10 Å². The molecule has 23 heavy (non-hydrogen) atoms. The molecule has 0 aliphatic heterocycles. The second-order valence-corrected chi connectivity index (χ2v) is 6.58. The molecule has 1 amide bonds. The molecule has 1 aromatic carbocycles. The zero-order chi connectivity index (χ0) is 15.6. The van der Waals surface area contributed by atoms with Crippen LogP contribution >= 0.6 is 11.3 Å². The summed E-state index contributed by atoms with van der Waals surface area (Å²) in [5.41, 5.74) is 5.14. The van der Waals surface area contributed by atoms with Crippen LogP contribution in [0.25, 0.3) is 10.9 Å². The lowest BCUT2D eigenvalue weighted by Crippen LogP contribution is -2.18. The van der Waals surface area contributed by atoms with Crippen molar-refractivity contribution in [3.05, 3.63) is 64.0 Å². The summed E-state index contributed by atoms with van der Waals surface area (Å²) in [4.78, 5) is 18.2. The summed E-state index contributed by atoms with van der Waals surface area (Å²) in [7, 11) is 0. The molecule has 2 aromatic heterocycles. The minimum Gasteiger partial charge on any atom is -0.267 e. The first-order chi connectivity index (χ1) is 11.3. The maximum Gasteiger partial charge on any atom is 0.272 e. The van der Waals surface area contributed by atoms with Crippen LogP contribution in [0.2, 0.25) is 0 Å². The molecule has 3 aromatic rings. The Kier molecular flexibility index (Phi) is 3.63. The van der Waals surface area contributed by atoms with Crippen molar-refractivity contribution in [3.63, 3.8) is 0 Å². The predicted octanol–water partition coefficient (Wildman–Crippen LogP) is 3.94. The number of rotatable bonds is 4. The number of hydrogen-bond acceptors (Lipinski definition) is 4. The van der Waals surface area contributed by atoms with Gasteiger partial charge in [0.2, 0.25) is 0 Å². The Morgan fingerprint density at radius 1 is 1.26 bits per heavy atom. The summed E-state index contributed by atoms with van der Waals surface area (Å²) in [6.45, 7) is 0. The fourth-order valence-electron chi connectivity index (χ4n) is 2.55. The van der Waals surface area contributed by atoms with Gasteiger partial charge in [-0.2, -0.15) is 5.10 Å². The Morgan fingerprint density at radius 2 is 2.13 bits per heavy atom. The molecule has 0 spiro atoms. The van der Waals surface area contributed by atoms with Gasteiger partial charge in [-0.25, -0.2) is 5.43 Å². The Bertz CT molecular complexity index is 882. The molecule has 0 unspecified atom stereocenters. The number of para-hydroxylation sites is 1. The van der Waals surface area contributed by atoms with Crippen molar-refractivity contribution in [2.75, 3.05) is 0 Å². The van der Waals surface area contributed by atoms with Crippen molar-refractivity contribution in [1.82, 2.24) is 10.4 Å². The molecular formula is C18H15N3OS. The average molecular weight is 321 g/mol. The lowest BCUT2D eigenvalue weighted by atomic mass is 10.1. The second kappa shape index (κ2) is 5.93. The summed E-state index contributed by atoms with van der Waals surface area (Å²) < 4.78 is 0. The lowest BCUT2D eigenvalue weighted by molar-refractivity contribution is 0.0956. The van der Waals surface area contributed by atoms with Crippen LogP contribution in [-0.2, 0) is 0 Å². The minimum atomic E-state index is -0.196. The van der Waals surface area contributed by atoms with Gasteiger partial charge >= 0.3 is 0 Å². The molecule has 0 radical (unpaired) electrons. The summed E-state index contributed by atoms with van der Waals surface area (Å²) >= 11 is 1.58. The number of fused-ring (bicyclic) bond motifs is 1. The highest BCUT2D eigenvalue weighted by molar-refractivity contribution is 7.11. The SMILES string of the molecule is O=C(N/N=C/c1cccs1)c1cc(C2CC2)nc2ccccc12. The fraction of sp³-hybridized carbons (Fsp3) is 0.167. The van der Waals surface area contributed by atoms with E-state index >= 15 is 0 Å². The van der Waals surface area contributed by atoms with E-state index in [1.165, 1.54) is 0 Å². The van der Waals surface area contributed by atoms with Crippen LogP contribution in [-0.4, -0.2) is 17.1 Å². The van der Waals surface area contributed by atoms with Gasteiger partial charge in [0.1, 0.15) is 0 Å². The van der Waals surface area contributed by atoms with E-state index in [1.807, 2.05) is 47.8 Å². The number of nitrogens with zero attached hydrogens (tertiary/aromatic N) is 2. The number of carbonyl (C=O) groups is 1. The predicted molar refractivity (Wildman–Crippen MR) is 93.1 cm³/mol. The molecule has 2 heterocycles. The summed E-state index contributed by atoms with van der Waals surface area (Å²) in [5, 5.41) is 6.89. The van der Waals surface area contributed by atoms with Gasteiger partial charge in [0.15, 0.2) is 0 Å². The van der Waals surface area contributed by atoms with Gasteiger partial charge in [-0.3, -0.25) is 9.78 Å². The number of benzene rings is 1. The molecule has 1 saturated carbocycles. The van der Waals surface area contributed by atoms with Crippen LogP contribution in [0.3, 0.4) is 0 Å². The Hall–Kier alpha value is -2.53. The van der Waals surface area contributed by atoms with Crippen molar-refractivity contribution >= 4 is 34.4 Å². The number of thiophene rings is 1. The third-order valence-corrected chi connectivity index (χ3v) is 4.68. The number of carbonyl (C=O) groups excluding carboxylic acids is 1. The van der Waals surface area contributed by atoms with Gasteiger partial charge in [0, 0.05) is 21.9 Å². The van der Waals surface area contributed by atoms with E-state index in [-0.39, 0.29) is 5.91 Å². The number of hydrazone groups is 1. The van der Waals surface area contributed by atoms with Gasteiger partial charge in [0.05, 0.1) is 17.3 Å². The highest BCUT2D eigenvalue weighted by Crippen LogP contribution is 2.40. The number of hydrogen-bond donors (Lipinski definition) is 1. The average Bonchev–Trinajstić information content (AvgIpc) is 3.31. The molecule has 0 atom stereocenters. The molecule has 114 valence electrons. The van der Waals surface area contributed by atoms with E-state index in [2.05, 4.69) is 15.5 Å². The van der Waals surface area contributed by atoms with E-state index in [4.69, 9.17) is 0 Å². The van der Waals surface area contributed by atoms with E-state index in [1.54, 1.807) is 17.6 Å². The summed E-state index contributed by atoms with van der Waals surface area (Å²) in [5.74, 6) is 0.305. The molecule has 0 saturated heterocycles. The highest BCUT2D eigenvalue weighted by atomic mass is 32.1. The smallest absolute Gasteiger partial charge is 0.267 e. The number of pyridine rings is 1. The first kappa shape index (κ1) is 14.1. The third kappa shape index (κ3) is 3.00. The second-order valence-electron chi connectivity index (χ2n) is 5.60. The van der Waals surface area contributed by atoms with Gasteiger partial charge in [0.25, 0.3) is 5.91 Å². The summed E-state index contributed by atoms with van der Waals surface area (Å²) in [6, 6.07) is 13.6. The standard InChI is InChI=1S/C18H15N3OS/c22-18(21-19-11-13-4-3-9-23-13)15-10-17(12-7-8-12)20-16-6-2-1-5-14(15)16/h1-6,9-12H,7-8H2,(H,21,22)/b19-11+. The van der Waals surface area contributed by atoms with Crippen molar-refractivity contribution < 1.29 is 4.79 Å². The Morgan fingerprint density at radius 3 is 2.91 bits per heavy atom. The van der Waals surface area contributed by atoms with Crippen molar-refractivity contribution in [2.45, 2.75) is 18.8 Å². The maximum absolute atomic E-state index is 12.5. The normalized spacial score (nSPS) is 14.4. The first-order valence-electron chi connectivity index (χ1n) is 7.58. The van der Waals surface area contributed by atoms with Gasteiger partial charge in [-0.05, 0) is 36.4 Å². The van der Waals surface area contributed by atoms with E-state index in [0.717, 1.165) is 34.3 Å². The van der Waals surface area contributed by atoms with Gasteiger partial charge < -0.3 is 0 Å². The van der Waals surface area contributed by atoms with Crippen LogP contribution < -0.4 is 5.43 Å². The molecule has 4 rings (SSSR count). The number of amides is 1. The topological polar surface area (TPSA) is 54.4 Å². The fourth-order valence-corrected chi connectivity index (χ4v) is 3.14. The zero-order valence-electron chi connectivity index (χ0n) is 12.4.